The molecule has 2 aliphatic rings. The number of carbonyl (C=O) groups is 1. The van der Waals surface area contributed by atoms with Crippen molar-refractivity contribution in [1.29, 1.82) is 0 Å². The van der Waals surface area contributed by atoms with E-state index in [1.807, 2.05) is 6.92 Å². The number of aromatic hydroxyl groups is 1. The van der Waals surface area contributed by atoms with Crippen LogP contribution in [0.15, 0.2) is 29.2 Å². The second kappa shape index (κ2) is 7.46. The second-order valence-electron chi connectivity index (χ2n) is 7.71. The second-order valence-corrected chi connectivity index (χ2v) is 7.71. The van der Waals surface area contributed by atoms with Crippen molar-refractivity contribution < 1.29 is 28.1 Å². The van der Waals surface area contributed by atoms with Crippen LogP contribution in [0.3, 0.4) is 0 Å². The Morgan fingerprint density at radius 3 is 2.93 bits per heavy atom. The van der Waals surface area contributed by atoms with E-state index in [-0.39, 0.29) is 42.5 Å². The van der Waals surface area contributed by atoms with Gasteiger partial charge in [-0.3, -0.25) is 9.59 Å². The van der Waals surface area contributed by atoms with Gasteiger partial charge in [0, 0.05) is 30.8 Å². The molecule has 1 fully saturated rings. The van der Waals surface area contributed by atoms with Gasteiger partial charge in [0.2, 0.25) is 11.7 Å². The summed E-state index contributed by atoms with van der Waals surface area (Å²) in [6.07, 6.45) is 1.15. The number of fused-ring (bicyclic) bond motifs is 2. The molecule has 0 spiro atoms. The van der Waals surface area contributed by atoms with Gasteiger partial charge in [0.05, 0.1) is 12.6 Å². The molecule has 30 heavy (non-hydrogen) atoms. The third-order valence-electron chi connectivity index (χ3n) is 5.89. The van der Waals surface area contributed by atoms with Crippen molar-refractivity contribution in [3.63, 3.8) is 0 Å². The van der Waals surface area contributed by atoms with E-state index in [2.05, 4.69) is 5.32 Å². The summed E-state index contributed by atoms with van der Waals surface area (Å²) < 4.78 is 33.2. The van der Waals surface area contributed by atoms with Crippen molar-refractivity contribution in [3.8, 4) is 5.75 Å². The summed E-state index contributed by atoms with van der Waals surface area (Å²) in [6.45, 7) is 1.92. The van der Waals surface area contributed by atoms with Crippen LogP contribution >= 0.6 is 0 Å². The molecule has 0 saturated carbocycles. The predicted octanol–water partition coefficient (Wildman–Crippen LogP) is 1.73. The topological polar surface area (TPSA) is 104 Å². The van der Waals surface area contributed by atoms with Crippen molar-refractivity contribution in [2.45, 2.75) is 45.2 Å². The molecule has 10 heteroatoms. The van der Waals surface area contributed by atoms with E-state index >= 15 is 0 Å². The van der Waals surface area contributed by atoms with Crippen molar-refractivity contribution in [3.05, 3.63) is 68.3 Å². The first-order valence-electron chi connectivity index (χ1n) is 9.58. The highest BCUT2D eigenvalue weighted by molar-refractivity contribution is 5.94. The molecule has 0 aliphatic carbocycles. The van der Waals surface area contributed by atoms with Crippen LogP contribution in [0, 0.1) is 16.8 Å². The zero-order valence-electron chi connectivity index (χ0n) is 16.2. The molecule has 2 aliphatic heterocycles. The zero-order chi connectivity index (χ0) is 21.6. The molecule has 3 heterocycles. The molecule has 0 bridgehead atoms. The van der Waals surface area contributed by atoms with Crippen LogP contribution in [0.2, 0.25) is 0 Å². The number of nitrogens with zero attached hydrogens (tertiary/aromatic N) is 2. The minimum Gasteiger partial charge on any atom is -0.630 e. The zero-order valence-corrected chi connectivity index (χ0v) is 16.2. The fourth-order valence-corrected chi connectivity index (χ4v) is 3.97. The number of hydroxylamine groups is 3. The Labute approximate surface area is 170 Å². The van der Waals surface area contributed by atoms with Gasteiger partial charge in [0.25, 0.3) is 5.91 Å². The van der Waals surface area contributed by atoms with Crippen molar-refractivity contribution in [1.82, 2.24) is 9.88 Å². The number of quaternary nitrogens is 1. The van der Waals surface area contributed by atoms with Gasteiger partial charge >= 0.3 is 0 Å². The number of rotatable bonds is 3. The van der Waals surface area contributed by atoms with Gasteiger partial charge in [-0.15, -0.1) is 0 Å². The van der Waals surface area contributed by atoms with Gasteiger partial charge in [0.15, 0.2) is 5.75 Å². The molecule has 8 nitrogen and oxygen atoms in total. The first-order chi connectivity index (χ1) is 14.2. The summed E-state index contributed by atoms with van der Waals surface area (Å²) in [4.78, 5) is 25.1. The number of hydrogen-bond donors (Lipinski definition) is 2. The molecule has 0 radical (unpaired) electrons. The summed E-state index contributed by atoms with van der Waals surface area (Å²) in [7, 11) is 0. The Balaban J connectivity index is 1.61. The maximum absolute atomic E-state index is 13.8. The molecule has 1 amide bonds. The lowest BCUT2D eigenvalue weighted by Gasteiger charge is -2.57. The lowest BCUT2D eigenvalue weighted by atomic mass is 10.1. The predicted molar refractivity (Wildman–Crippen MR) is 101 cm³/mol. The van der Waals surface area contributed by atoms with Crippen LogP contribution in [0.5, 0.6) is 5.75 Å². The minimum absolute atomic E-state index is 0.0464. The van der Waals surface area contributed by atoms with Gasteiger partial charge in [0.1, 0.15) is 36.0 Å². The molecular weight excluding hydrogens is 400 g/mol. The van der Waals surface area contributed by atoms with Crippen LogP contribution in [0.1, 0.15) is 35.0 Å². The van der Waals surface area contributed by atoms with E-state index in [4.69, 9.17) is 4.74 Å². The molecule has 2 N–H and O–H groups in total. The highest BCUT2D eigenvalue weighted by Crippen LogP contribution is 2.35. The standard InChI is InChI=1S/C20H21F2N3O5/c1-11-4-5-30-17-9-24-8-14(18(26)19(27)16(24)10-25(11,17)29)20(28)23-7-12-2-3-13(21)6-15(12)22/h2-3,6,8,11,17,27H,4-5,7,9-10H2,1H3,(H,23,28)/t11-,17+,25?/m1/s1. The monoisotopic (exact) mass is 421 g/mol. The van der Waals surface area contributed by atoms with E-state index in [1.165, 1.54) is 16.8 Å². The van der Waals surface area contributed by atoms with Crippen molar-refractivity contribution >= 4 is 5.91 Å². The van der Waals surface area contributed by atoms with Gasteiger partial charge in [-0.05, 0) is 13.0 Å². The highest BCUT2D eigenvalue weighted by Gasteiger charge is 2.44. The molecule has 1 unspecified atom stereocenters. The number of aromatic nitrogens is 1. The molecule has 3 atom stereocenters. The SMILES string of the molecule is C[C@@H]1CCO[C@H]2Cn3cc(C(=O)NCc4ccc(F)cc4F)c(=O)c(O)c3C[N+]12[O-]. The number of pyridine rings is 1. The van der Waals surface area contributed by atoms with E-state index < -0.39 is 39.6 Å². The van der Waals surface area contributed by atoms with E-state index in [0.29, 0.717) is 19.1 Å². The summed E-state index contributed by atoms with van der Waals surface area (Å²) >= 11 is 0. The van der Waals surface area contributed by atoms with Crippen LogP contribution in [0.4, 0.5) is 8.78 Å². The molecule has 1 aromatic heterocycles. The van der Waals surface area contributed by atoms with Crippen LogP contribution in [-0.2, 0) is 24.4 Å². The molecule has 1 aromatic carbocycles. The summed E-state index contributed by atoms with van der Waals surface area (Å²) in [5.74, 6) is -3.04. The number of amides is 1. The largest absolute Gasteiger partial charge is 0.630 e. The number of halogens is 2. The maximum atomic E-state index is 13.8. The fourth-order valence-electron chi connectivity index (χ4n) is 3.97. The van der Waals surface area contributed by atoms with E-state index in [1.54, 1.807) is 0 Å². The van der Waals surface area contributed by atoms with Gasteiger partial charge in [-0.2, -0.15) is 0 Å². The fraction of sp³-hybridized carbons (Fsp3) is 0.400. The first kappa shape index (κ1) is 20.5. The average Bonchev–Trinajstić information content (AvgIpc) is 2.70. The Hall–Kier alpha value is -2.82. The normalized spacial score (nSPS) is 25.3. The van der Waals surface area contributed by atoms with Crippen LogP contribution in [0.25, 0.3) is 0 Å². The summed E-state index contributed by atoms with van der Waals surface area (Å²) in [5.41, 5.74) is -1.04. The Bertz CT molecular complexity index is 1070. The number of benzene rings is 1. The summed E-state index contributed by atoms with van der Waals surface area (Å²) in [6, 6.07) is 2.69. The third-order valence-corrected chi connectivity index (χ3v) is 5.89. The number of ether oxygens (including phenoxy) is 1. The quantitative estimate of drug-likeness (QED) is 0.580. The first-order valence-corrected chi connectivity index (χ1v) is 9.58. The van der Waals surface area contributed by atoms with Gasteiger partial charge < -0.3 is 29.6 Å². The van der Waals surface area contributed by atoms with Crippen molar-refractivity contribution in [2.75, 3.05) is 6.61 Å². The highest BCUT2D eigenvalue weighted by atomic mass is 19.1. The lowest BCUT2D eigenvalue weighted by Crippen LogP contribution is -2.63. The molecule has 1 saturated heterocycles. The molecule has 4 rings (SSSR count). The average molecular weight is 421 g/mol. The molecule has 160 valence electrons. The Kier molecular flexibility index (Phi) is 5.08. The Morgan fingerprint density at radius 2 is 2.20 bits per heavy atom. The molecular formula is C20H21F2N3O5. The van der Waals surface area contributed by atoms with Gasteiger partial charge in [-0.1, -0.05) is 6.07 Å². The minimum atomic E-state index is -0.908. The van der Waals surface area contributed by atoms with Crippen LogP contribution < -0.4 is 10.7 Å². The third kappa shape index (κ3) is 3.36. The number of carbonyl (C=O) groups excluding carboxylic acids is 1. The number of hydrogen-bond acceptors (Lipinski definition) is 5. The lowest BCUT2D eigenvalue weighted by molar-refractivity contribution is -0.973. The van der Waals surface area contributed by atoms with Gasteiger partial charge in [-0.25, -0.2) is 8.78 Å². The van der Waals surface area contributed by atoms with E-state index in [9.17, 15) is 28.7 Å². The number of nitrogens with one attached hydrogen (secondary N) is 1. The Morgan fingerprint density at radius 1 is 1.43 bits per heavy atom. The van der Waals surface area contributed by atoms with Crippen molar-refractivity contribution in [2.24, 2.45) is 0 Å². The summed E-state index contributed by atoms with van der Waals surface area (Å²) in [5, 5.41) is 26.1. The molecule has 2 aromatic rings. The van der Waals surface area contributed by atoms with Crippen LogP contribution in [-0.4, -0.2) is 39.1 Å². The maximum Gasteiger partial charge on any atom is 0.257 e. The smallest absolute Gasteiger partial charge is 0.257 e. The van der Waals surface area contributed by atoms with E-state index in [0.717, 1.165) is 6.07 Å².